The number of amides is 4. The van der Waals surface area contributed by atoms with Crippen LogP contribution in [0.5, 0.6) is 11.5 Å². The lowest BCUT2D eigenvalue weighted by molar-refractivity contribution is -0.131. The Hall–Kier alpha value is -3.88. The zero-order valence-corrected chi connectivity index (χ0v) is 27.8. The molecule has 1 fully saturated rings. The zero-order valence-electron chi connectivity index (χ0n) is 27.8. The summed E-state index contributed by atoms with van der Waals surface area (Å²) in [5.74, 6) is -1.16. The van der Waals surface area contributed by atoms with Crippen LogP contribution in [-0.4, -0.2) is 54.8 Å². The van der Waals surface area contributed by atoms with Crippen molar-refractivity contribution in [2.24, 2.45) is 0 Å². The van der Waals surface area contributed by atoms with E-state index in [1.807, 2.05) is 0 Å². The molecular formula is C37H53N3O6. The number of urea groups is 1. The number of ether oxygens (including phenoxy) is 2. The first-order valence-electron chi connectivity index (χ1n) is 17.3. The number of nitrogens with zero attached hydrogens (tertiary/aromatic N) is 1. The molecule has 4 amide bonds. The number of ketones is 1. The standard InChI is InChI=1S/C37H53N3O6/c1-3-4-5-6-7-8-9-10-11-12-13-14-15-16-17-20-27-46-30-25-23-29(24-26-30)35(42)34(40-33(41)28-38-37(40)44)36(43)39-31-21-18-19-22-32(31)45-2/h18-19,21-26,34H,3-17,20,27-28H2,1-2H3,(H,38,44)(H,39,43). The molecule has 3 rings (SSSR count). The Labute approximate surface area is 274 Å². The topological polar surface area (TPSA) is 114 Å². The highest BCUT2D eigenvalue weighted by Gasteiger charge is 2.43. The molecule has 1 heterocycles. The number of hydrogen-bond acceptors (Lipinski definition) is 6. The third-order valence-electron chi connectivity index (χ3n) is 8.40. The van der Waals surface area contributed by atoms with Crippen LogP contribution in [0.2, 0.25) is 0 Å². The van der Waals surface area contributed by atoms with Gasteiger partial charge in [-0.3, -0.25) is 14.4 Å². The van der Waals surface area contributed by atoms with Crippen molar-refractivity contribution in [3.05, 3.63) is 54.1 Å². The van der Waals surface area contributed by atoms with E-state index in [0.29, 0.717) is 28.7 Å². The second-order valence-corrected chi connectivity index (χ2v) is 12.1. The molecular weight excluding hydrogens is 582 g/mol. The van der Waals surface area contributed by atoms with Gasteiger partial charge in [-0.15, -0.1) is 0 Å². The maximum absolute atomic E-state index is 13.5. The second kappa shape index (κ2) is 21.0. The Morgan fingerprint density at radius 1 is 0.783 bits per heavy atom. The van der Waals surface area contributed by atoms with Gasteiger partial charge in [-0.1, -0.05) is 115 Å². The highest BCUT2D eigenvalue weighted by atomic mass is 16.5. The summed E-state index contributed by atoms with van der Waals surface area (Å²) in [5.41, 5.74) is 0.500. The predicted molar refractivity (Wildman–Crippen MR) is 181 cm³/mol. The van der Waals surface area contributed by atoms with Crippen molar-refractivity contribution in [3.63, 3.8) is 0 Å². The van der Waals surface area contributed by atoms with E-state index < -0.39 is 29.7 Å². The normalized spacial score (nSPS) is 13.4. The van der Waals surface area contributed by atoms with E-state index in [-0.39, 0.29) is 12.1 Å². The van der Waals surface area contributed by atoms with E-state index in [1.54, 1.807) is 48.5 Å². The Morgan fingerprint density at radius 3 is 1.85 bits per heavy atom. The number of hydrogen-bond donors (Lipinski definition) is 2. The first-order chi connectivity index (χ1) is 22.5. The quantitative estimate of drug-likeness (QED) is 0.0522. The molecule has 2 N–H and O–H groups in total. The molecule has 1 atom stereocenters. The van der Waals surface area contributed by atoms with Gasteiger partial charge in [-0.2, -0.15) is 0 Å². The van der Waals surface area contributed by atoms with Crippen molar-refractivity contribution >= 4 is 29.3 Å². The molecule has 0 aromatic heterocycles. The Bertz CT molecular complexity index is 1220. The van der Waals surface area contributed by atoms with Gasteiger partial charge in [-0.05, 0) is 42.8 Å². The third-order valence-corrected chi connectivity index (χ3v) is 8.40. The van der Waals surface area contributed by atoms with E-state index in [1.165, 1.54) is 97.0 Å². The van der Waals surface area contributed by atoms with Gasteiger partial charge >= 0.3 is 6.03 Å². The average molecular weight is 636 g/mol. The van der Waals surface area contributed by atoms with E-state index in [2.05, 4.69) is 17.6 Å². The van der Waals surface area contributed by atoms with Crippen molar-refractivity contribution < 1.29 is 28.7 Å². The van der Waals surface area contributed by atoms with Crippen LogP contribution in [0.1, 0.15) is 120 Å². The van der Waals surface area contributed by atoms with Gasteiger partial charge in [0.1, 0.15) is 11.5 Å². The molecule has 9 nitrogen and oxygen atoms in total. The molecule has 1 aliphatic heterocycles. The summed E-state index contributed by atoms with van der Waals surface area (Å²) in [7, 11) is 1.45. The first-order valence-corrected chi connectivity index (χ1v) is 17.3. The Balaban J connectivity index is 1.36. The van der Waals surface area contributed by atoms with Crippen LogP contribution >= 0.6 is 0 Å². The number of Topliss-reactive ketones (excluding diaryl/α,β-unsaturated/α-hetero) is 1. The summed E-state index contributed by atoms with van der Waals surface area (Å²) < 4.78 is 11.1. The highest BCUT2D eigenvalue weighted by molar-refractivity contribution is 6.22. The Kier molecular flexibility index (Phi) is 16.7. The van der Waals surface area contributed by atoms with Gasteiger partial charge < -0.3 is 20.1 Å². The van der Waals surface area contributed by atoms with E-state index in [4.69, 9.17) is 9.47 Å². The number of rotatable bonds is 24. The van der Waals surface area contributed by atoms with Crippen LogP contribution in [0.4, 0.5) is 10.5 Å². The number of anilines is 1. The molecule has 252 valence electrons. The first kappa shape index (κ1) is 36.6. The summed E-state index contributed by atoms with van der Waals surface area (Å²) >= 11 is 0. The summed E-state index contributed by atoms with van der Waals surface area (Å²) in [6, 6.07) is 10.6. The van der Waals surface area contributed by atoms with Crippen molar-refractivity contribution in [1.82, 2.24) is 10.2 Å². The fourth-order valence-corrected chi connectivity index (χ4v) is 5.71. The molecule has 0 saturated carbocycles. The summed E-state index contributed by atoms with van der Waals surface area (Å²) in [4.78, 5) is 52.5. The molecule has 0 aliphatic carbocycles. The average Bonchev–Trinajstić information content (AvgIpc) is 3.39. The minimum atomic E-state index is -1.68. The number of para-hydroxylation sites is 2. The largest absolute Gasteiger partial charge is 0.495 e. The molecule has 1 aliphatic rings. The lowest BCUT2D eigenvalue weighted by atomic mass is 10.0. The molecule has 0 spiro atoms. The summed E-state index contributed by atoms with van der Waals surface area (Å²) in [6.07, 6.45) is 21.0. The smallest absolute Gasteiger partial charge is 0.325 e. The molecule has 9 heteroatoms. The zero-order chi connectivity index (χ0) is 33.0. The maximum Gasteiger partial charge on any atom is 0.325 e. The van der Waals surface area contributed by atoms with Crippen LogP contribution < -0.4 is 20.1 Å². The molecule has 2 aromatic rings. The fourth-order valence-electron chi connectivity index (χ4n) is 5.71. The fraction of sp³-hybridized carbons (Fsp3) is 0.568. The lowest BCUT2D eigenvalue weighted by Gasteiger charge is -2.23. The van der Waals surface area contributed by atoms with E-state index in [0.717, 1.165) is 12.8 Å². The van der Waals surface area contributed by atoms with E-state index in [9.17, 15) is 19.2 Å². The van der Waals surface area contributed by atoms with Crippen LogP contribution in [0.3, 0.4) is 0 Å². The van der Waals surface area contributed by atoms with Crippen LogP contribution in [0, 0.1) is 0 Å². The number of carbonyl (C=O) groups excluding carboxylic acids is 4. The molecule has 1 saturated heterocycles. The number of nitrogens with one attached hydrogen (secondary N) is 2. The number of benzene rings is 2. The van der Waals surface area contributed by atoms with Gasteiger partial charge in [0.25, 0.3) is 11.8 Å². The second-order valence-electron chi connectivity index (χ2n) is 12.1. The minimum Gasteiger partial charge on any atom is -0.495 e. The SMILES string of the molecule is CCCCCCCCCCCCCCCCCCOc1ccc(C(=O)C(C(=O)Nc2ccccc2OC)N2C(=O)CNC2=O)cc1. The van der Waals surface area contributed by atoms with Gasteiger partial charge in [0.05, 0.1) is 25.9 Å². The van der Waals surface area contributed by atoms with Crippen LogP contribution in [0.25, 0.3) is 0 Å². The molecule has 0 radical (unpaired) electrons. The third kappa shape index (κ3) is 12.1. The summed E-state index contributed by atoms with van der Waals surface area (Å²) in [5, 5.41) is 5.01. The molecule has 2 aromatic carbocycles. The molecule has 46 heavy (non-hydrogen) atoms. The molecule has 1 unspecified atom stereocenters. The number of unbranched alkanes of at least 4 members (excludes halogenated alkanes) is 15. The maximum atomic E-state index is 13.5. The molecule has 0 bridgehead atoms. The highest BCUT2D eigenvalue weighted by Crippen LogP contribution is 2.25. The van der Waals surface area contributed by atoms with Gasteiger partial charge in [0, 0.05) is 5.56 Å². The van der Waals surface area contributed by atoms with Crippen LogP contribution in [-0.2, 0) is 9.59 Å². The lowest BCUT2D eigenvalue weighted by Crippen LogP contribution is -2.52. The number of imide groups is 1. The van der Waals surface area contributed by atoms with Crippen molar-refractivity contribution in [3.8, 4) is 11.5 Å². The van der Waals surface area contributed by atoms with Crippen molar-refractivity contribution in [1.29, 1.82) is 0 Å². The van der Waals surface area contributed by atoms with Crippen LogP contribution in [0.15, 0.2) is 48.5 Å². The van der Waals surface area contributed by atoms with Crippen molar-refractivity contribution in [2.45, 2.75) is 116 Å². The number of methoxy groups -OCH3 is 1. The van der Waals surface area contributed by atoms with Crippen molar-refractivity contribution in [2.75, 3.05) is 25.6 Å². The van der Waals surface area contributed by atoms with Gasteiger partial charge in [-0.25, -0.2) is 9.69 Å². The van der Waals surface area contributed by atoms with Gasteiger partial charge in [0.2, 0.25) is 0 Å². The van der Waals surface area contributed by atoms with E-state index >= 15 is 0 Å². The summed E-state index contributed by atoms with van der Waals surface area (Å²) in [6.45, 7) is 2.57. The Morgan fingerprint density at radius 2 is 1.33 bits per heavy atom. The number of carbonyl (C=O) groups is 4. The predicted octanol–water partition coefficient (Wildman–Crippen LogP) is 8.08. The van der Waals surface area contributed by atoms with Gasteiger partial charge in [0.15, 0.2) is 11.8 Å². The monoisotopic (exact) mass is 635 g/mol. The minimum absolute atomic E-state index is 0.183.